The van der Waals surface area contributed by atoms with E-state index in [0.717, 1.165) is 10.4 Å². The molecule has 2 heterocycles. The quantitative estimate of drug-likeness (QED) is 0.741. The predicted molar refractivity (Wildman–Crippen MR) is 81.6 cm³/mol. The van der Waals surface area contributed by atoms with Crippen LogP contribution in [0.1, 0.15) is 12.5 Å². The molecule has 0 aliphatic carbocycles. The topological polar surface area (TPSA) is 44.0 Å². The number of aromatic nitrogens is 2. The molecule has 0 saturated heterocycles. The predicted octanol–water partition coefficient (Wildman–Crippen LogP) is 2.29. The maximum absolute atomic E-state index is 12.5. The summed E-state index contributed by atoms with van der Waals surface area (Å²) in [7, 11) is 0. The fraction of sp³-hybridized carbons (Fsp3) is 0.200. The summed E-state index contributed by atoms with van der Waals surface area (Å²) in [5.41, 5.74) is 0.500. The zero-order valence-corrected chi connectivity index (χ0v) is 11.9. The van der Waals surface area contributed by atoms with Gasteiger partial charge >= 0.3 is 5.69 Å². The van der Waals surface area contributed by atoms with Gasteiger partial charge in [-0.1, -0.05) is 30.3 Å². The van der Waals surface area contributed by atoms with Gasteiger partial charge in [-0.3, -0.25) is 13.9 Å². The van der Waals surface area contributed by atoms with Crippen LogP contribution < -0.4 is 11.2 Å². The molecule has 0 amide bonds. The van der Waals surface area contributed by atoms with Crippen molar-refractivity contribution in [1.29, 1.82) is 0 Å². The van der Waals surface area contributed by atoms with Crippen LogP contribution in [0, 0.1) is 0 Å². The number of nitrogens with zero attached hydrogens (tertiary/aromatic N) is 2. The Bertz CT molecular complexity index is 859. The van der Waals surface area contributed by atoms with Crippen LogP contribution in [0.15, 0.2) is 51.4 Å². The molecule has 20 heavy (non-hydrogen) atoms. The smallest absolute Gasteiger partial charge is 0.285 e. The van der Waals surface area contributed by atoms with Crippen LogP contribution in [-0.2, 0) is 13.1 Å². The van der Waals surface area contributed by atoms with Gasteiger partial charge in [-0.05, 0) is 23.9 Å². The van der Waals surface area contributed by atoms with Gasteiger partial charge in [0.1, 0.15) is 4.83 Å². The lowest BCUT2D eigenvalue weighted by molar-refractivity contribution is 0.626. The molecule has 0 aliphatic heterocycles. The van der Waals surface area contributed by atoms with Crippen molar-refractivity contribution < 1.29 is 0 Å². The molecule has 5 heteroatoms. The van der Waals surface area contributed by atoms with E-state index in [0.29, 0.717) is 18.5 Å². The fourth-order valence-corrected chi connectivity index (χ4v) is 3.27. The summed E-state index contributed by atoms with van der Waals surface area (Å²) in [5.74, 6) is 0. The Kier molecular flexibility index (Phi) is 3.28. The van der Waals surface area contributed by atoms with Crippen molar-refractivity contribution in [1.82, 2.24) is 9.13 Å². The van der Waals surface area contributed by atoms with E-state index in [-0.39, 0.29) is 11.2 Å². The molecule has 3 aromatic rings. The van der Waals surface area contributed by atoms with Crippen molar-refractivity contribution in [2.45, 2.75) is 20.0 Å². The Morgan fingerprint density at radius 3 is 2.50 bits per heavy atom. The van der Waals surface area contributed by atoms with Gasteiger partial charge in [-0.15, -0.1) is 11.3 Å². The van der Waals surface area contributed by atoms with Gasteiger partial charge in [-0.25, -0.2) is 4.79 Å². The summed E-state index contributed by atoms with van der Waals surface area (Å²) < 4.78 is 2.97. The van der Waals surface area contributed by atoms with Crippen LogP contribution in [0.4, 0.5) is 0 Å². The van der Waals surface area contributed by atoms with E-state index in [4.69, 9.17) is 0 Å². The average Bonchev–Trinajstić information content (AvgIpc) is 2.94. The van der Waals surface area contributed by atoms with E-state index in [9.17, 15) is 9.59 Å². The van der Waals surface area contributed by atoms with Crippen molar-refractivity contribution in [2.75, 3.05) is 0 Å². The number of thiophene rings is 1. The third-order valence-electron chi connectivity index (χ3n) is 3.33. The second-order valence-electron chi connectivity index (χ2n) is 4.54. The lowest BCUT2D eigenvalue weighted by atomic mass is 10.2. The molecule has 4 nitrogen and oxygen atoms in total. The van der Waals surface area contributed by atoms with Gasteiger partial charge in [0, 0.05) is 6.54 Å². The highest BCUT2D eigenvalue weighted by Crippen LogP contribution is 2.15. The highest BCUT2D eigenvalue weighted by molar-refractivity contribution is 7.16. The molecule has 102 valence electrons. The van der Waals surface area contributed by atoms with Crippen LogP contribution in [-0.4, -0.2) is 9.13 Å². The first kappa shape index (κ1) is 12.9. The van der Waals surface area contributed by atoms with Crippen LogP contribution >= 0.6 is 11.3 Å². The van der Waals surface area contributed by atoms with Crippen molar-refractivity contribution in [2.24, 2.45) is 0 Å². The van der Waals surface area contributed by atoms with E-state index < -0.39 is 0 Å². The second-order valence-corrected chi connectivity index (χ2v) is 5.44. The first-order chi connectivity index (χ1) is 9.72. The average molecular weight is 286 g/mol. The lowest BCUT2D eigenvalue weighted by Crippen LogP contribution is -2.39. The molecule has 0 fully saturated rings. The Morgan fingerprint density at radius 2 is 1.80 bits per heavy atom. The Morgan fingerprint density at radius 1 is 1.05 bits per heavy atom. The third kappa shape index (κ3) is 2.00. The summed E-state index contributed by atoms with van der Waals surface area (Å²) in [6.45, 7) is 2.78. The summed E-state index contributed by atoms with van der Waals surface area (Å²) in [6.07, 6.45) is 0. The van der Waals surface area contributed by atoms with Crippen LogP contribution in [0.5, 0.6) is 0 Å². The maximum Gasteiger partial charge on any atom is 0.332 e. The standard InChI is InChI=1S/C15H14N2O2S/c1-2-16-14-12(8-9-20-14)13(18)17(15(16)19)10-11-6-4-3-5-7-11/h3-9H,2,10H2,1H3. The molecule has 3 rings (SSSR count). The van der Waals surface area contributed by atoms with Crippen molar-refractivity contribution in [3.05, 3.63) is 68.2 Å². The monoisotopic (exact) mass is 286 g/mol. The van der Waals surface area contributed by atoms with Crippen LogP contribution in [0.25, 0.3) is 10.2 Å². The lowest BCUT2D eigenvalue weighted by Gasteiger charge is -2.10. The van der Waals surface area contributed by atoms with Crippen molar-refractivity contribution in [3.8, 4) is 0 Å². The zero-order chi connectivity index (χ0) is 14.1. The van der Waals surface area contributed by atoms with Gasteiger partial charge in [0.2, 0.25) is 0 Å². The van der Waals surface area contributed by atoms with Gasteiger partial charge in [-0.2, -0.15) is 0 Å². The molecular formula is C15H14N2O2S. The highest BCUT2D eigenvalue weighted by atomic mass is 32.1. The fourth-order valence-electron chi connectivity index (χ4n) is 2.32. The summed E-state index contributed by atoms with van der Waals surface area (Å²) >= 11 is 1.43. The molecule has 0 atom stereocenters. The number of aryl methyl sites for hydroxylation is 1. The molecule has 1 aromatic carbocycles. The first-order valence-corrected chi connectivity index (χ1v) is 7.35. The Hall–Kier alpha value is -2.14. The van der Waals surface area contributed by atoms with Crippen LogP contribution in [0.3, 0.4) is 0 Å². The van der Waals surface area contributed by atoms with Gasteiger partial charge < -0.3 is 0 Å². The van der Waals surface area contributed by atoms with E-state index in [2.05, 4.69) is 0 Å². The molecule has 0 spiro atoms. The minimum Gasteiger partial charge on any atom is -0.285 e. The number of hydrogen-bond donors (Lipinski definition) is 0. The largest absolute Gasteiger partial charge is 0.332 e. The van der Waals surface area contributed by atoms with Crippen molar-refractivity contribution >= 4 is 21.6 Å². The first-order valence-electron chi connectivity index (χ1n) is 6.47. The second kappa shape index (κ2) is 5.09. The number of hydrogen-bond acceptors (Lipinski definition) is 3. The highest BCUT2D eigenvalue weighted by Gasteiger charge is 2.13. The molecule has 0 unspecified atom stereocenters. The minimum absolute atomic E-state index is 0.209. The number of benzene rings is 1. The van der Waals surface area contributed by atoms with E-state index in [1.807, 2.05) is 42.6 Å². The molecule has 0 bridgehead atoms. The van der Waals surface area contributed by atoms with Gasteiger partial charge in [0.15, 0.2) is 0 Å². The molecule has 2 aromatic heterocycles. The number of rotatable bonds is 3. The van der Waals surface area contributed by atoms with E-state index in [1.165, 1.54) is 15.9 Å². The molecule has 0 saturated carbocycles. The van der Waals surface area contributed by atoms with Gasteiger partial charge in [0.25, 0.3) is 5.56 Å². The molecule has 0 radical (unpaired) electrons. The van der Waals surface area contributed by atoms with Crippen molar-refractivity contribution in [3.63, 3.8) is 0 Å². The normalized spacial score (nSPS) is 11.1. The SMILES string of the molecule is CCn1c(=O)n(Cc2ccccc2)c(=O)c2ccsc21. The summed E-state index contributed by atoms with van der Waals surface area (Å²) in [5, 5.41) is 2.47. The van der Waals surface area contributed by atoms with E-state index in [1.54, 1.807) is 10.6 Å². The molecule has 0 N–H and O–H groups in total. The van der Waals surface area contributed by atoms with Crippen LogP contribution in [0.2, 0.25) is 0 Å². The molecular weight excluding hydrogens is 272 g/mol. The van der Waals surface area contributed by atoms with E-state index >= 15 is 0 Å². The van der Waals surface area contributed by atoms with Gasteiger partial charge in [0.05, 0.1) is 11.9 Å². The Labute approximate surface area is 119 Å². The minimum atomic E-state index is -0.240. The summed E-state index contributed by atoms with van der Waals surface area (Å²) in [4.78, 5) is 25.7. The molecule has 0 aliphatic rings. The maximum atomic E-state index is 12.5. The Balaban J connectivity index is 2.25. The zero-order valence-electron chi connectivity index (χ0n) is 11.1. The third-order valence-corrected chi connectivity index (χ3v) is 4.26. The summed E-state index contributed by atoms with van der Waals surface area (Å²) in [6, 6.07) is 11.3. The number of fused-ring (bicyclic) bond motifs is 1.